The Hall–Kier alpha value is -3.06. The first-order chi connectivity index (χ1) is 12.6. The molecule has 0 radical (unpaired) electrons. The summed E-state index contributed by atoms with van der Waals surface area (Å²) in [6.45, 7) is 6.06. The smallest absolute Gasteiger partial charge is 0.300 e. The molecule has 0 atom stereocenters. The predicted molar refractivity (Wildman–Crippen MR) is 106 cm³/mol. The number of allylic oxidation sites excluding steroid dienone is 5. The molecule has 0 unspecified atom stereocenters. The van der Waals surface area contributed by atoms with Crippen molar-refractivity contribution in [3.63, 3.8) is 0 Å². The van der Waals surface area contributed by atoms with E-state index in [1.165, 1.54) is 11.1 Å². The van der Waals surface area contributed by atoms with Gasteiger partial charge >= 0.3 is 0 Å². The zero-order chi connectivity index (χ0) is 18.5. The molecule has 132 valence electrons. The van der Waals surface area contributed by atoms with Gasteiger partial charge in [-0.2, -0.15) is 0 Å². The third kappa shape index (κ3) is 3.94. The molecule has 0 fully saturated rings. The summed E-state index contributed by atoms with van der Waals surface area (Å²) in [7, 11) is 0. The van der Waals surface area contributed by atoms with Crippen LogP contribution in [0, 0.1) is 18.8 Å². The quantitative estimate of drug-likeness (QED) is 0.792. The van der Waals surface area contributed by atoms with Crippen LogP contribution in [0.15, 0.2) is 48.0 Å². The number of nitrogens with zero attached hydrogens (tertiary/aromatic N) is 1. The van der Waals surface area contributed by atoms with Crippen LogP contribution in [0.5, 0.6) is 0 Å². The number of fused-ring (bicyclic) bond motifs is 1. The molecule has 2 heterocycles. The van der Waals surface area contributed by atoms with Gasteiger partial charge in [-0.25, -0.2) is 4.98 Å². The maximum atomic E-state index is 11.9. The minimum Gasteiger partial charge on any atom is -0.346 e. The zero-order valence-electron chi connectivity index (χ0n) is 15.4. The van der Waals surface area contributed by atoms with Crippen LogP contribution < -0.4 is 5.32 Å². The van der Waals surface area contributed by atoms with Crippen LogP contribution in [0.2, 0.25) is 0 Å². The van der Waals surface area contributed by atoms with Gasteiger partial charge in [0.2, 0.25) is 0 Å². The summed E-state index contributed by atoms with van der Waals surface area (Å²) in [6, 6.07) is 2.19. The molecule has 26 heavy (non-hydrogen) atoms. The summed E-state index contributed by atoms with van der Waals surface area (Å²) in [5.41, 5.74) is 6.48. The minimum absolute atomic E-state index is 0.256. The second kappa shape index (κ2) is 7.88. The normalized spacial score (nSPS) is 14.3. The SMILES string of the molecule is CCC#CC(=O)NC1=C(C)CCC(c2cnc3[nH]cc(C)c3c2)=CC=C1. The number of hydrogen-bond acceptors (Lipinski definition) is 2. The highest BCUT2D eigenvalue weighted by Gasteiger charge is 2.10. The molecular formula is C22H23N3O. The third-order valence-corrected chi connectivity index (χ3v) is 4.53. The van der Waals surface area contributed by atoms with E-state index in [0.29, 0.717) is 6.42 Å². The van der Waals surface area contributed by atoms with Crippen LogP contribution >= 0.6 is 0 Å². The molecule has 1 aliphatic carbocycles. The lowest BCUT2D eigenvalue weighted by Gasteiger charge is -2.14. The van der Waals surface area contributed by atoms with Crippen LogP contribution in [0.3, 0.4) is 0 Å². The number of rotatable bonds is 2. The number of nitrogens with one attached hydrogen (secondary N) is 2. The van der Waals surface area contributed by atoms with E-state index in [9.17, 15) is 4.79 Å². The van der Waals surface area contributed by atoms with Gasteiger partial charge in [-0.05, 0) is 67.0 Å². The zero-order valence-corrected chi connectivity index (χ0v) is 15.4. The molecule has 0 saturated heterocycles. The second-order valence-corrected chi connectivity index (χ2v) is 6.45. The summed E-state index contributed by atoms with van der Waals surface area (Å²) in [5, 5.41) is 4.05. The van der Waals surface area contributed by atoms with Crippen molar-refractivity contribution >= 4 is 22.5 Å². The molecule has 3 rings (SSSR count). The molecule has 2 aromatic rings. The molecule has 4 nitrogen and oxygen atoms in total. The first kappa shape index (κ1) is 17.8. The topological polar surface area (TPSA) is 57.8 Å². The van der Waals surface area contributed by atoms with Gasteiger partial charge in [-0.3, -0.25) is 4.79 Å². The Morgan fingerprint density at radius 1 is 1.35 bits per heavy atom. The molecule has 0 spiro atoms. The van der Waals surface area contributed by atoms with Crippen LogP contribution in [0.1, 0.15) is 44.2 Å². The van der Waals surface area contributed by atoms with Gasteiger partial charge in [0, 0.05) is 29.9 Å². The maximum absolute atomic E-state index is 11.9. The van der Waals surface area contributed by atoms with Crippen molar-refractivity contribution in [2.24, 2.45) is 0 Å². The third-order valence-electron chi connectivity index (χ3n) is 4.53. The number of amides is 1. The molecule has 2 aromatic heterocycles. The number of carbonyl (C=O) groups is 1. The van der Waals surface area contributed by atoms with Crippen molar-refractivity contribution in [2.75, 3.05) is 0 Å². The van der Waals surface area contributed by atoms with Gasteiger partial charge in [0.05, 0.1) is 0 Å². The summed E-state index contributed by atoms with van der Waals surface area (Å²) in [5.74, 6) is 5.14. The van der Waals surface area contributed by atoms with Crippen LogP contribution in [-0.4, -0.2) is 15.9 Å². The van der Waals surface area contributed by atoms with E-state index >= 15 is 0 Å². The van der Waals surface area contributed by atoms with Crippen molar-refractivity contribution in [2.45, 2.75) is 40.0 Å². The highest BCUT2D eigenvalue weighted by molar-refractivity contribution is 5.95. The average Bonchev–Trinajstić information content (AvgIpc) is 3.00. The fraction of sp³-hybridized carbons (Fsp3) is 0.273. The highest BCUT2D eigenvalue weighted by atomic mass is 16.1. The van der Waals surface area contributed by atoms with Crippen molar-refractivity contribution in [3.05, 3.63) is 59.1 Å². The summed E-state index contributed by atoms with van der Waals surface area (Å²) >= 11 is 0. The molecule has 0 aromatic carbocycles. The Bertz CT molecular complexity index is 993. The molecule has 2 N–H and O–H groups in total. The van der Waals surface area contributed by atoms with Crippen LogP contribution in [0.4, 0.5) is 0 Å². The van der Waals surface area contributed by atoms with Crippen molar-refractivity contribution < 1.29 is 4.79 Å². The molecule has 1 aliphatic rings. The summed E-state index contributed by atoms with van der Waals surface area (Å²) < 4.78 is 0. The molecular weight excluding hydrogens is 322 g/mol. The lowest BCUT2D eigenvalue weighted by molar-refractivity contribution is -0.115. The fourth-order valence-corrected chi connectivity index (χ4v) is 2.96. The number of pyridine rings is 1. The van der Waals surface area contributed by atoms with Gasteiger partial charge in [0.25, 0.3) is 5.91 Å². The van der Waals surface area contributed by atoms with Crippen molar-refractivity contribution in [3.8, 4) is 11.8 Å². The maximum Gasteiger partial charge on any atom is 0.300 e. The van der Waals surface area contributed by atoms with Crippen LogP contribution in [-0.2, 0) is 4.79 Å². The average molecular weight is 345 g/mol. The largest absolute Gasteiger partial charge is 0.346 e. The molecule has 1 amide bonds. The van der Waals surface area contributed by atoms with E-state index in [1.54, 1.807) is 0 Å². The van der Waals surface area contributed by atoms with Crippen molar-refractivity contribution in [1.82, 2.24) is 15.3 Å². The first-order valence-electron chi connectivity index (χ1n) is 8.89. The van der Waals surface area contributed by atoms with Crippen molar-refractivity contribution in [1.29, 1.82) is 0 Å². The van der Waals surface area contributed by atoms with Gasteiger partial charge in [0.15, 0.2) is 0 Å². The summed E-state index contributed by atoms with van der Waals surface area (Å²) in [4.78, 5) is 19.6. The van der Waals surface area contributed by atoms with E-state index in [0.717, 1.165) is 40.7 Å². The highest BCUT2D eigenvalue weighted by Crippen LogP contribution is 2.27. The Labute approximate surface area is 154 Å². The van der Waals surface area contributed by atoms with E-state index in [-0.39, 0.29) is 5.91 Å². The Morgan fingerprint density at radius 3 is 3.00 bits per heavy atom. The van der Waals surface area contributed by atoms with Gasteiger partial charge in [0.1, 0.15) is 5.65 Å². The standard InChI is InChI=1S/C22H23N3O/c1-4-5-9-21(26)25-20-8-6-7-17(11-10-15(20)2)18-12-19-16(3)13-23-22(19)24-14-18/h6-8,12-14H,4,10-11H2,1-3H3,(H,23,24)(H,25,26). The Morgan fingerprint density at radius 2 is 2.19 bits per heavy atom. The van der Waals surface area contributed by atoms with Gasteiger partial charge in [-0.15, -0.1) is 0 Å². The lowest BCUT2D eigenvalue weighted by atomic mass is 9.96. The molecule has 4 heteroatoms. The summed E-state index contributed by atoms with van der Waals surface area (Å²) in [6.07, 6.45) is 12.4. The Balaban J connectivity index is 1.83. The number of aromatic amines is 1. The number of aromatic nitrogens is 2. The lowest BCUT2D eigenvalue weighted by Crippen LogP contribution is -2.21. The first-order valence-corrected chi connectivity index (χ1v) is 8.89. The van der Waals surface area contributed by atoms with E-state index in [1.807, 2.05) is 38.4 Å². The van der Waals surface area contributed by atoms with Gasteiger partial charge < -0.3 is 10.3 Å². The number of H-pyrrole nitrogens is 1. The minimum atomic E-state index is -0.256. The van der Waals surface area contributed by atoms with E-state index in [2.05, 4.69) is 46.2 Å². The Kier molecular flexibility index (Phi) is 5.38. The van der Waals surface area contributed by atoms with E-state index in [4.69, 9.17) is 0 Å². The molecule has 0 bridgehead atoms. The van der Waals surface area contributed by atoms with Gasteiger partial charge in [-0.1, -0.05) is 25.0 Å². The number of aryl methyl sites for hydroxylation is 1. The molecule has 0 saturated carbocycles. The second-order valence-electron chi connectivity index (χ2n) is 6.45. The predicted octanol–water partition coefficient (Wildman–Crippen LogP) is 4.41. The number of hydrogen-bond donors (Lipinski definition) is 2. The van der Waals surface area contributed by atoms with E-state index < -0.39 is 0 Å². The number of carbonyl (C=O) groups excluding carboxylic acids is 1. The monoisotopic (exact) mass is 345 g/mol. The van der Waals surface area contributed by atoms with Crippen LogP contribution in [0.25, 0.3) is 16.6 Å². The fourth-order valence-electron chi connectivity index (χ4n) is 2.96. The molecule has 0 aliphatic heterocycles.